The van der Waals surface area contributed by atoms with Gasteiger partial charge in [-0.15, -0.1) is 0 Å². The van der Waals surface area contributed by atoms with E-state index >= 15 is 0 Å². The first-order valence-corrected chi connectivity index (χ1v) is 14.9. The number of nitrogens with one attached hydrogen (secondary N) is 3. The van der Waals surface area contributed by atoms with Crippen LogP contribution in [0.15, 0.2) is 11.6 Å². The van der Waals surface area contributed by atoms with Gasteiger partial charge in [0.05, 0.1) is 6.17 Å². The number of allylic oxidation sites excluding steroid dienone is 1. The van der Waals surface area contributed by atoms with Crippen molar-refractivity contribution in [3.8, 4) is 0 Å². The van der Waals surface area contributed by atoms with E-state index in [0.717, 1.165) is 52.0 Å². The van der Waals surface area contributed by atoms with Gasteiger partial charge in [-0.25, -0.2) is 4.79 Å². The molecule has 0 aromatic rings. The van der Waals surface area contributed by atoms with Crippen LogP contribution >= 0.6 is 0 Å². The second kappa shape index (κ2) is 13.3. The molecule has 4 aliphatic rings. The van der Waals surface area contributed by atoms with E-state index in [-0.39, 0.29) is 6.03 Å². The zero-order chi connectivity index (χ0) is 25.5. The Bertz CT molecular complexity index is 749. The highest BCUT2D eigenvalue weighted by molar-refractivity contribution is 5.77. The van der Waals surface area contributed by atoms with Gasteiger partial charge in [0.15, 0.2) is 0 Å². The van der Waals surface area contributed by atoms with Crippen LogP contribution in [0.3, 0.4) is 0 Å². The lowest BCUT2D eigenvalue weighted by Crippen LogP contribution is -2.57. The Labute approximate surface area is 219 Å². The highest BCUT2D eigenvalue weighted by atomic mass is 16.2. The van der Waals surface area contributed by atoms with E-state index in [1.54, 1.807) is 0 Å². The van der Waals surface area contributed by atoms with Crippen molar-refractivity contribution >= 4 is 11.9 Å². The molecule has 2 saturated heterocycles. The number of carbonyl (C=O) groups excluding carboxylic acids is 2. The summed E-state index contributed by atoms with van der Waals surface area (Å²) in [4.78, 5) is 30.4. The molecule has 2 heterocycles. The van der Waals surface area contributed by atoms with E-state index in [2.05, 4.69) is 52.6 Å². The molecule has 7 heteroatoms. The molecule has 4 unspecified atom stereocenters. The molecule has 2 aliphatic heterocycles. The minimum Gasteiger partial charge on any atom is -0.340 e. The lowest BCUT2D eigenvalue weighted by molar-refractivity contribution is -0.134. The number of amides is 3. The zero-order valence-corrected chi connectivity index (χ0v) is 23.1. The van der Waals surface area contributed by atoms with Crippen molar-refractivity contribution in [2.75, 3.05) is 39.3 Å². The molecule has 0 radical (unpaired) electrons. The molecule has 0 aromatic heterocycles. The fourth-order valence-corrected chi connectivity index (χ4v) is 6.97. The van der Waals surface area contributed by atoms with Crippen LogP contribution in [0.2, 0.25) is 0 Å². The Morgan fingerprint density at radius 2 is 1.75 bits per heavy atom. The van der Waals surface area contributed by atoms with Crippen molar-refractivity contribution in [2.24, 2.45) is 23.7 Å². The van der Waals surface area contributed by atoms with Gasteiger partial charge in [0.2, 0.25) is 5.91 Å². The lowest BCUT2D eigenvalue weighted by Gasteiger charge is -2.42. The number of rotatable bonds is 7. The number of piperidine rings is 1. The van der Waals surface area contributed by atoms with Crippen LogP contribution in [0.1, 0.15) is 85.0 Å². The Balaban J connectivity index is 1.25. The summed E-state index contributed by atoms with van der Waals surface area (Å²) in [5.41, 5.74) is 1.32. The Hall–Kier alpha value is -1.60. The van der Waals surface area contributed by atoms with E-state index in [9.17, 15) is 9.59 Å². The average molecular weight is 502 g/mol. The van der Waals surface area contributed by atoms with Crippen molar-refractivity contribution in [1.29, 1.82) is 0 Å². The minimum atomic E-state index is -0.0182. The summed E-state index contributed by atoms with van der Waals surface area (Å²) < 4.78 is 0. The summed E-state index contributed by atoms with van der Waals surface area (Å²) in [5, 5.41) is 9.99. The highest BCUT2D eigenvalue weighted by Crippen LogP contribution is 2.39. The molecular formula is C29H51N5O2. The van der Waals surface area contributed by atoms with E-state index in [1.807, 2.05) is 0 Å². The van der Waals surface area contributed by atoms with Gasteiger partial charge in [-0.3, -0.25) is 9.69 Å². The predicted octanol–water partition coefficient (Wildman–Crippen LogP) is 4.11. The van der Waals surface area contributed by atoms with Crippen LogP contribution in [0.5, 0.6) is 0 Å². The van der Waals surface area contributed by atoms with Crippen LogP contribution in [0.25, 0.3) is 0 Å². The molecular weight excluding hydrogens is 450 g/mol. The Kier molecular flexibility index (Phi) is 10.1. The molecule has 3 amide bonds. The fraction of sp³-hybridized carbons (Fsp3) is 0.862. The topological polar surface area (TPSA) is 76.7 Å². The maximum atomic E-state index is 13.3. The number of urea groups is 1. The summed E-state index contributed by atoms with van der Waals surface area (Å²) in [6.45, 7) is 12.2. The van der Waals surface area contributed by atoms with Gasteiger partial charge >= 0.3 is 6.03 Å². The van der Waals surface area contributed by atoms with E-state index < -0.39 is 0 Å². The molecule has 1 saturated carbocycles. The third-order valence-electron chi connectivity index (χ3n) is 9.34. The van der Waals surface area contributed by atoms with Gasteiger partial charge in [0.25, 0.3) is 0 Å². The summed E-state index contributed by atoms with van der Waals surface area (Å²) in [6.07, 6.45) is 14.3. The maximum absolute atomic E-state index is 13.3. The van der Waals surface area contributed by atoms with Crippen LogP contribution < -0.4 is 16.0 Å². The molecule has 3 fully saturated rings. The molecule has 4 atom stereocenters. The summed E-state index contributed by atoms with van der Waals surface area (Å²) >= 11 is 0. The molecule has 0 spiro atoms. The molecule has 4 rings (SSSR count). The van der Waals surface area contributed by atoms with Gasteiger partial charge in [-0.2, -0.15) is 0 Å². The van der Waals surface area contributed by atoms with Crippen molar-refractivity contribution < 1.29 is 9.59 Å². The second-order valence-electron chi connectivity index (χ2n) is 12.2. The molecule has 36 heavy (non-hydrogen) atoms. The first-order chi connectivity index (χ1) is 17.4. The number of nitrogens with zero attached hydrogens (tertiary/aromatic N) is 2. The average Bonchev–Trinajstić information content (AvgIpc) is 2.89. The normalized spacial score (nSPS) is 30.7. The van der Waals surface area contributed by atoms with Gasteiger partial charge in [0, 0.05) is 45.2 Å². The van der Waals surface area contributed by atoms with Crippen LogP contribution in [-0.4, -0.2) is 73.2 Å². The van der Waals surface area contributed by atoms with Crippen LogP contribution in [-0.2, 0) is 4.79 Å². The summed E-state index contributed by atoms with van der Waals surface area (Å²) in [7, 11) is 0. The van der Waals surface area contributed by atoms with Crippen molar-refractivity contribution in [1.82, 2.24) is 25.8 Å². The lowest BCUT2D eigenvalue weighted by atomic mass is 9.69. The first kappa shape index (κ1) is 27.4. The van der Waals surface area contributed by atoms with Crippen molar-refractivity contribution in [3.05, 3.63) is 11.6 Å². The number of hydrogen-bond acceptors (Lipinski definition) is 4. The predicted molar refractivity (Wildman–Crippen MR) is 146 cm³/mol. The van der Waals surface area contributed by atoms with Crippen LogP contribution in [0.4, 0.5) is 4.79 Å². The number of carbonyl (C=O) groups is 2. The zero-order valence-electron chi connectivity index (χ0n) is 23.1. The quantitative estimate of drug-likeness (QED) is 0.459. The first-order valence-electron chi connectivity index (χ1n) is 14.9. The van der Waals surface area contributed by atoms with E-state index in [4.69, 9.17) is 0 Å². The SMILES string of the molecule is CC1=CC(CNC(=O)NC2CCCCC2)C(C(C)C)CC1CC(=O)N1CCN(C2CCCCN2)CC1. The summed E-state index contributed by atoms with van der Waals surface area (Å²) in [5.74, 6) is 1.97. The smallest absolute Gasteiger partial charge is 0.315 e. The van der Waals surface area contributed by atoms with Gasteiger partial charge in [-0.1, -0.05) is 44.8 Å². The molecule has 204 valence electrons. The minimum absolute atomic E-state index is 0.0182. The molecule has 0 aromatic carbocycles. The van der Waals surface area contributed by atoms with Gasteiger partial charge in [-0.05, 0) is 75.7 Å². The third kappa shape index (κ3) is 7.47. The van der Waals surface area contributed by atoms with E-state index in [1.165, 1.54) is 44.1 Å². The molecule has 3 N–H and O–H groups in total. The standard InChI is InChI=1S/C29H51N5O2/c1-21(2)26-18-23(19-28(35)34-15-13-33(14-16-34)27-11-7-8-12-30-27)22(3)17-24(26)20-31-29(36)32-25-9-5-4-6-10-25/h17,21,23-27,30H,4-16,18-20H2,1-3H3,(H2,31,32,36). The van der Waals surface area contributed by atoms with Crippen molar-refractivity contribution in [3.63, 3.8) is 0 Å². The molecule has 7 nitrogen and oxygen atoms in total. The molecule has 0 bridgehead atoms. The van der Waals surface area contributed by atoms with Crippen molar-refractivity contribution in [2.45, 2.75) is 97.2 Å². The van der Waals surface area contributed by atoms with Gasteiger partial charge in [0.1, 0.15) is 0 Å². The Morgan fingerprint density at radius 1 is 1.03 bits per heavy atom. The number of piperazine rings is 1. The van der Waals surface area contributed by atoms with Crippen LogP contribution in [0, 0.1) is 23.7 Å². The second-order valence-corrected chi connectivity index (χ2v) is 12.2. The largest absolute Gasteiger partial charge is 0.340 e. The Morgan fingerprint density at radius 3 is 2.42 bits per heavy atom. The number of hydrogen-bond donors (Lipinski definition) is 3. The maximum Gasteiger partial charge on any atom is 0.315 e. The van der Waals surface area contributed by atoms with E-state index in [0.29, 0.717) is 54.8 Å². The highest BCUT2D eigenvalue weighted by Gasteiger charge is 2.34. The van der Waals surface area contributed by atoms with Gasteiger partial charge < -0.3 is 20.9 Å². The summed E-state index contributed by atoms with van der Waals surface area (Å²) in [6, 6.07) is 0.315. The third-order valence-corrected chi connectivity index (χ3v) is 9.34. The monoisotopic (exact) mass is 501 g/mol. The molecule has 2 aliphatic carbocycles. The fourth-order valence-electron chi connectivity index (χ4n) is 6.97.